The third-order valence-corrected chi connectivity index (χ3v) is 3.03. The molecule has 78 valence electrons. The maximum atomic E-state index is 5.84. The minimum Gasteiger partial charge on any atom is -0.460 e. The molecule has 2 aliphatic rings. The van der Waals surface area contributed by atoms with Crippen LogP contribution < -0.4 is 0 Å². The maximum Gasteiger partial charge on any atom is 0.240 e. The minimum absolute atomic E-state index is 0.499. The van der Waals surface area contributed by atoms with Crippen molar-refractivity contribution in [2.24, 2.45) is 5.92 Å². The third kappa shape index (κ3) is 1.37. The average molecular weight is 202 g/mol. The molecular formula is C13H14O2. The summed E-state index contributed by atoms with van der Waals surface area (Å²) in [4.78, 5) is 0. The molecule has 1 aliphatic heterocycles. The van der Waals surface area contributed by atoms with Crippen LogP contribution in [-0.4, -0.2) is 6.61 Å². The summed E-state index contributed by atoms with van der Waals surface area (Å²) in [5.41, 5.74) is 1.12. The van der Waals surface area contributed by atoms with Crippen molar-refractivity contribution in [2.75, 3.05) is 6.61 Å². The molecule has 2 heteroatoms. The summed E-state index contributed by atoms with van der Waals surface area (Å²) in [6.45, 7) is 4.36. The van der Waals surface area contributed by atoms with Gasteiger partial charge in [0.15, 0.2) is 0 Å². The van der Waals surface area contributed by atoms with E-state index >= 15 is 0 Å². The van der Waals surface area contributed by atoms with Crippen LogP contribution in [0.4, 0.5) is 0 Å². The summed E-state index contributed by atoms with van der Waals surface area (Å²) in [7, 11) is 0. The lowest BCUT2D eigenvalue weighted by Crippen LogP contribution is -2.29. The standard InChI is InChI=1S/C13H14O2/c1-10-9-14-13(15-10,12-7-8-12)11-5-3-2-4-6-11/h2-6,12H,1,7-9H2. The van der Waals surface area contributed by atoms with Gasteiger partial charge in [0.05, 0.1) is 0 Å². The molecule has 0 spiro atoms. The van der Waals surface area contributed by atoms with Crippen molar-refractivity contribution >= 4 is 0 Å². The first-order valence-electron chi connectivity index (χ1n) is 5.37. The molecule has 0 bridgehead atoms. The summed E-state index contributed by atoms with van der Waals surface area (Å²) < 4.78 is 11.7. The molecule has 15 heavy (non-hydrogen) atoms. The second kappa shape index (κ2) is 3.11. The summed E-state index contributed by atoms with van der Waals surface area (Å²) in [6.07, 6.45) is 2.37. The largest absolute Gasteiger partial charge is 0.460 e. The van der Waals surface area contributed by atoms with Crippen molar-refractivity contribution in [1.29, 1.82) is 0 Å². The van der Waals surface area contributed by atoms with E-state index in [1.54, 1.807) is 0 Å². The lowest BCUT2D eigenvalue weighted by atomic mass is 10.0. The van der Waals surface area contributed by atoms with E-state index in [-0.39, 0.29) is 0 Å². The van der Waals surface area contributed by atoms with Gasteiger partial charge in [-0.1, -0.05) is 36.9 Å². The molecular weight excluding hydrogens is 188 g/mol. The zero-order chi connectivity index (χ0) is 10.3. The molecule has 1 saturated carbocycles. The predicted molar refractivity (Wildman–Crippen MR) is 57.0 cm³/mol. The van der Waals surface area contributed by atoms with Gasteiger partial charge < -0.3 is 9.47 Å². The highest BCUT2D eigenvalue weighted by atomic mass is 16.7. The lowest BCUT2D eigenvalue weighted by molar-refractivity contribution is -0.173. The second-order valence-electron chi connectivity index (χ2n) is 4.24. The van der Waals surface area contributed by atoms with Gasteiger partial charge in [-0.25, -0.2) is 0 Å². The van der Waals surface area contributed by atoms with E-state index in [1.165, 1.54) is 12.8 Å². The molecule has 1 heterocycles. The molecule has 1 unspecified atom stereocenters. The van der Waals surface area contributed by atoms with Gasteiger partial charge in [-0.05, 0) is 12.8 Å². The SMILES string of the molecule is C=C1COC(c2ccccc2)(C2CC2)O1. The second-order valence-corrected chi connectivity index (χ2v) is 4.24. The van der Waals surface area contributed by atoms with Gasteiger partial charge in [0.1, 0.15) is 12.4 Å². The average Bonchev–Trinajstić information content (AvgIpc) is 3.05. The first kappa shape index (κ1) is 8.98. The van der Waals surface area contributed by atoms with Crippen molar-refractivity contribution in [2.45, 2.75) is 18.6 Å². The Kier molecular flexibility index (Phi) is 1.86. The van der Waals surface area contributed by atoms with Crippen LogP contribution in [0, 0.1) is 5.92 Å². The number of hydrogen-bond acceptors (Lipinski definition) is 2. The Labute approximate surface area is 89.5 Å². The zero-order valence-corrected chi connectivity index (χ0v) is 8.61. The molecule has 0 aromatic heterocycles. The molecule has 1 aromatic carbocycles. The fourth-order valence-electron chi connectivity index (χ4n) is 2.17. The number of benzene rings is 1. The Morgan fingerprint density at radius 3 is 2.47 bits per heavy atom. The van der Waals surface area contributed by atoms with Crippen LogP contribution in [0.25, 0.3) is 0 Å². The van der Waals surface area contributed by atoms with Gasteiger partial charge in [-0.15, -0.1) is 0 Å². The van der Waals surface area contributed by atoms with Crippen LogP contribution in [0.15, 0.2) is 42.7 Å². The molecule has 1 saturated heterocycles. The van der Waals surface area contributed by atoms with Gasteiger partial charge in [-0.3, -0.25) is 0 Å². The van der Waals surface area contributed by atoms with Crippen molar-refractivity contribution in [1.82, 2.24) is 0 Å². The van der Waals surface area contributed by atoms with Crippen LogP contribution in [0.2, 0.25) is 0 Å². The highest BCUT2D eigenvalue weighted by Gasteiger charge is 2.53. The van der Waals surface area contributed by atoms with Gasteiger partial charge in [0.2, 0.25) is 5.79 Å². The van der Waals surface area contributed by atoms with E-state index in [4.69, 9.17) is 9.47 Å². The first-order valence-corrected chi connectivity index (χ1v) is 5.37. The lowest BCUT2D eigenvalue weighted by Gasteiger charge is -2.27. The van der Waals surface area contributed by atoms with Crippen molar-refractivity contribution in [3.8, 4) is 0 Å². The van der Waals surface area contributed by atoms with E-state index in [0.29, 0.717) is 12.5 Å². The van der Waals surface area contributed by atoms with E-state index < -0.39 is 5.79 Å². The summed E-state index contributed by atoms with van der Waals surface area (Å²) in [5.74, 6) is 0.711. The highest BCUT2D eigenvalue weighted by molar-refractivity contribution is 5.25. The summed E-state index contributed by atoms with van der Waals surface area (Å²) in [5, 5.41) is 0. The Bertz CT molecular complexity index is 381. The molecule has 1 aliphatic carbocycles. The van der Waals surface area contributed by atoms with Gasteiger partial charge in [0.25, 0.3) is 0 Å². The third-order valence-electron chi connectivity index (χ3n) is 3.03. The quantitative estimate of drug-likeness (QED) is 0.734. The number of hydrogen-bond donors (Lipinski definition) is 0. The van der Waals surface area contributed by atoms with Crippen LogP contribution >= 0.6 is 0 Å². The van der Waals surface area contributed by atoms with Crippen molar-refractivity contribution in [3.05, 3.63) is 48.2 Å². The molecule has 0 amide bonds. The Hall–Kier alpha value is -1.28. The summed E-state index contributed by atoms with van der Waals surface area (Å²) in [6, 6.07) is 10.2. The maximum absolute atomic E-state index is 5.84. The minimum atomic E-state index is -0.529. The van der Waals surface area contributed by atoms with E-state index in [0.717, 1.165) is 11.3 Å². The predicted octanol–water partition coefficient (Wildman–Crippen LogP) is 2.81. The molecule has 0 N–H and O–H groups in total. The molecule has 2 nitrogen and oxygen atoms in total. The molecule has 1 aromatic rings. The monoisotopic (exact) mass is 202 g/mol. The highest BCUT2D eigenvalue weighted by Crippen LogP contribution is 2.52. The number of ether oxygens (including phenoxy) is 2. The van der Waals surface area contributed by atoms with Crippen LogP contribution in [0.3, 0.4) is 0 Å². The van der Waals surface area contributed by atoms with E-state index in [1.807, 2.05) is 18.2 Å². The molecule has 2 fully saturated rings. The normalized spacial score (nSPS) is 30.3. The van der Waals surface area contributed by atoms with Crippen LogP contribution in [0.5, 0.6) is 0 Å². The Balaban J connectivity index is 2.01. The van der Waals surface area contributed by atoms with Gasteiger partial charge in [-0.2, -0.15) is 0 Å². The first-order chi connectivity index (χ1) is 7.31. The number of rotatable bonds is 2. The fraction of sp³-hybridized carbons (Fsp3) is 0.385. The topological polar surface area (TPSA) is 18.5 Å². The molecule has 3 rings (SSSR count). The molecule has 1 atom stereocenters. The smallest absolute Gasteiger partial charge is 0.240 e. The fourth-order valence-corrected chi connectivity index (χ4v) is 2.17. The van der Waals surface area contributed by atoms with E-state index in [9.17, 15) is 0 Å². The van der Waals surface area contributed by atoms with Gasteiger partial charge >= 0.3 is 0 Å². The van der Waals surface area contributed by atoms with Crippen molar-refractivity contribution in [3.63, 3.8) is 0 Å². The summed E-state index contributed by atoms with van der Waals surface area (Å²) >= 11 is 0. The zero-order valence-electron chi connectivity index (χ0n) is 8.61. The van der Waals surface area contributed by atoms with Gasteiger partial charge in [0, 0.05) is 11.5 Å². The van der Waals surface area contributed by atoms with Crippen LogP contribution in [-0.2, 0) is 15.3 Å². The molecule has 0 radical (unpaired) electrons. The van der Waals surface area contributed by atoms with Crippen molar-refractivity contribution < 1.29 is 9.47 Å². The Morgan fingerprint density at radius 2 is 1.93 bits per heavy atom. The Morgan fingerprint density at radius 1 is 1.20 bits per heavy atom. The van der Waals surface area contributed by atoms with Crippen LogP contribution in [0.1, 0.15) is 18.4 Å². The van der Waals surface area contributed by atoms with E-state index in [2.05, 4.69) is 18.7 Å².